The topological polar surface area (TPSA) is 47.1 Å². The van der Waals surface area contributed by atoms with Gasteiger partial charge in [-0.25, -0.2) is 0 Å². The van der Waals surface area contributed by atoms with E-state index in [4.69, 9.17) is 5.73 Å². The van der Waals surface area contributed by atoms with Crippen molar-refractivity contribution in [3.8, 4) is 0 Å². The molecular formula is C14H26N4. The molecule has 2 N–H and O–H groups in total. The fraction of sp³-hybridized carbons (Fsp3) is 0.786. The summed E-state index contributed by atoms with van der Waals surface area (Å²) in [7, 11) is 1.96. The van der Waals surface area contributed by atoms with Gasteiger partial charge in [-0.2, -0.15) is 5.10 Å². The fourth-order valence-corrected chi connectivity index (χ4v) is 3.15. The second-order valence-corrected chi connectivity index (χ2v) is 5.85. The van der Waals surface area contributed by atoms with E-state index >= 15 is 0 Å². The van der Waals surface area contributed by atoms with Crippen LogP contribution >= 0.6 is 0 Å². The van der Waals surface area contributed by atoms with E-state index < -0.39 is 0 Å². The number of hydrogen-bond acceptors (Lipinski definition) is 3. The zero-order valence-electron chi connectivity index (χ0n) is 12.0. The summed E-state index contributed by atoms with van der Waals surface area (Å²) in [4.78, 5) is 2.57. The summed E-state index contributed by atoms with van der Waals surface area (Å²) in [5.41, 5.74) is 7.48. The fourth-order valence-electron chi connectivity index (χ4n) is 3.15. The van der Waals surface area contributed by atoms with Crippen LogP contribution in [-0.4, -0.2) is 33.3 Å². The third kappa shape index (κ3) is 2.59. The van der Waals surface area contributed by atoms with Crippen LogP contribution in [0, 0.1) is 5.92 Å². The Morgan fingerprint density at radius 2 is 2.17 bits per heavy atom. The first-order valence-corrected chi connectivity index (χ1v) is 7.00. The van der Waals surface area contributed by atoms with Crippen molar-refractivity contribution in [2.75, 3.05) is 6.54 Å². The Labute approximate surface area is 110 Å². The van der Waals surface area contributed by atoms with Gasteiger partial charge in [0.25, 0.3) is 0 Å². The van der Waals surface area contributed by atoms with Gasteiger partial charge in [0.2, 0.25) is 0 Å². The standard InChI is InChI=1S/C14H26N4/c1-10-6-5-7-18(12(10)3)14(11(2)15)13-8-16-17(4)9-13/h8-12,14H,5-7,15H2,1-4H3. The molecule has 4 heteroatoms. The lowest BCUT2D eigenvalue weighted by atomic mass is 9.88. The van der Waals surface area contributed by atoms with Gasteiger partial charge in [-0.05, 0) is 39.2 Å². The van der Waals surface area contributed by atoms with Gasteiger partial charge >= 0.3 is 0 Å². The molecule has 1 aliphatic heterocycles. The molecule has 2 rings (SSSR count). The number of nitrogens with zero attached hydrogens (tertiary/aromatic N) is 3. The van der Waals surface area contributed by atoms with Crippen LogP contribution in [0.1, 0.15) is 45.2 Å². The largest absolute Gasteiger partial charge is 0.326 e. The maximum absolute atomic E-state index is 6.24. The van der Waals surface area contributed by atoms with Crippen LogP contribution in [0.15, 0.2) is 12.4 Å². The average molecular weight is 250 g/mol. The minimum Gasteiger partial charge on any atom is -0.326 e. The van der Waals surface area contributed by atoms with Gasteiger partial charge in [0.15, 0.2) is 0 Å². The number of piperidine rings is 1. The first-order chi connectivity index (χ1) is 8.50. The van der Waals surface area contributed by atoms with E-state index in [1.54, 1.807) is 0 Å². The Morgan fingerprint density at radius 3 is 2.72 bits per heavy atom. The second kappa shape index (κ2) is 5.41. The summed E-state index contributed by atoms with van der Waals surface area (Å²) >= 11 is 0. The SMILES string of the molecule is CC(N)C(c1cnn(C)c1)N1CCCC(C)C1C. The number of aryl methyl sites for hydroxylation is 1. The van der Waals surface area contributed by atoms with Crippen LogP contribution in [0.2, 0.25) is 0 Å². The summed E-state index contributed by atoms with van der Waals surface area (Å²) < 4.78 is 1.86. The lowest BCUT2D eigenvalue weighted by molar-refractivity contribution is 0.0579. The summed E-state index contributed by atoms with van der Waals surface area (Å²) in [5.74, 6) is 0.747. The number of aromatic nitrogens is 2. The molecule has 102 valence electrons. The van der Waals surface area contributed by atoms with Crippen LogP contribution in [-0.2, 0) is 7.05 Å². The van der Waals surface area contributed by atoms with Crippen molar-refractivity contribution >= 4 is 0 Å². The second-order valence-electron chi connectivity index (χ2n) is 5.85. The molecular weight excluding hydrogens is 224 g/mol. The van der Waals surface area contributed by atoms with Crippen LogP contribution in [0.3, 0.4) is 0 Å². The highest BCUT2D eigenvalue weighted by Crippen LogP contribution is 2.32. The molecule has 1 fully saturated rings. The van der Waals surface area contributed by atoms with Crippen LogP contribution in [0.5, 0.6) is 0 Å². The zero-order chi connectivity index (χ0) is 13.3. The highest BCUT2D eigenvalue weighted by molar-refractivity contribution is 5.14. The molecule has 1 aliphatic rings. The molecule has 18 heavy (non-hydrogen) atoms. The van der Waals surface area contributed by atoms with E-state index in [9.17, 15) is 0 Å². The Bertz CT molecular complexity index is 385. The van der Waals surface area contributed by atoms with Gasteiger partial charge in [0.1, 0.15) is 0 Å². The lowest BCUT2D eigenvalue weighted by Gasteiger charge is -2.44. The smallest absolute Gasteiger partial charge is 0.0538 e. The van der Waals surface area contributed by atoms with Crippen molar-refractivity contribution in [1.82, 2.24) is 14.7 Å². The van der Waals surface area contributed by atoms with Gasteiger partial charge < -0.3 is 5.73 Å². The first kappa shape index (κ1) is 13.6. The Balaban J connectivity index is 2.24. The van der Waals surface area contributed by atoms with E-state index in [0.717, 1.165) is 12.5 Å². The molecule has 0 aliphatic carbocycles. The molecule has 0 bridgehead atoms. The van der Waals surface area contributed by atoms with Crippen LogP contribution < -0.4 is 5.73 Å². The van der Waals surface area contributed by atoms with Gasteiger partial charge in [0.05, 0.1) is 12.2 Å². The number of hydrogen-bond donors (Lipinski definition) is 1. The Hall–Kier alpha value is -0.870. The van der Waals surface area contributed by atoms with Crippen LogP contribution in [0.4, 0.5) is 0 Å². The molecule has 0 radical (unpaired) electrons. The minimum absolute atomic E-state index is 0.127. The maximum Gasteiger partial charge on any atom is 0.0538 e. The molecule has 0 aromatic carbocycles. The first-order valence-electron chi connectivity index (χ1n) is 7.00. The average Bonchev–Trinajstić information content (AvgIpc) is 2.71. The van der Waals surface area contributed by atoms with Crippen molar-refractivity contribution in [3.63, 3.8) is 0 Å². The van der Waals surface area contributed by atoms with Gasteiger partial charge in [-0.1, -0.05) is 6.92 Å². The highest BCUT2D eigenvalue weighted by Gasteiger charge is 2.33. The molecule has 1 saturated heterocycles. The molecule has 4 atom stereocenters. The third-order valence-electron chi connectivity index (χ3n) is 4.34. The van der Waals surface area contributed by atoms with E-state index in [0.29, 0.717) is 6.04 Å². The van der Waals surface area contributed by atoms with E-state index in [-0.39, 0.29) is 12.1 Å². The predicted octanol–water partition coefficient (Wildman–Crippen LogP) is 1.93. The number of nitrogens with two attached hydrogens (primary N) is 1. The van der Waals surface area contributed by atoms with E-state index in [1.165, 1.54) is 18.4 Å². The van der Waals surface area contributed by atoms with Crippen LogP contribution in [0.25, 0.3) is 0 Å². The van der Waals surface area contributed by atoms with Crippen molar-refractivity contribution < 1.29 is 0 Å². The monoisotopic (exact) mass is 250 g/mol. The molecule has 4 nitrogen and oxygen atoms in total. The summed E-state index contributed by atoms with van der Waals surface area (Å²) in [6.45, 7) is 7.92. The Kier molecular flexibility index (Phi) is 4.07. The number of rotatable bonds is 3. The molecule has 2 heterocycles. The van der Waals surface area contributed by atoms with Crippen molar-refractivity contribution in [2.45, 2.75) is 51.7 Å². The molecule has 1 aromatic heterocycles. The lowest BCUT2D eigenvalue weighted by Crippen LogP contribution is -2.49. The normalized spacial score (nSPS) is 29.2. The van der Waals surface area contributed by atoms with Crippen molar-refractivity contribution in [3.05, 3.63) is 18.0 Å². The van der Waals surface area contributed by atoms with Gasteiger partial charge in [-0.15, -0.1) is 0 Å². The predicted molar refractivity (Wildman–Crippen MR) is 74.2 cm³/mol. The molecule has 0 amide bonds. The number of likely N-dealkylation sites (tertiary alicyclic amines) is 1. The van der Waals surface area contributed by atoms with E-state index in [2.05, 4.69) is 37.0 Å². The molecule has 0 spiro atoms. The molecule has 0 saturated carbocycles. The quantitative estimate of drug-likeness (QED) is 0.891. The van der Waals surface area contributed by atoms with Crippen molar-refractivity contribution in [2.24, 2.45) is 18.7 Å². The van der Waals surface area contributed by atoms with E-state index in [1.807, 2.05) is 17.9 Å². The minimum atomic E-state index is 0.127. The Morgan fingerprint density at radius 1 is 1.44 bits per heavy atom. The maximum atomic E-state index is 6.24. The summed E-state index contributed by atoms with van der Waals surface area (Å²) in [6, 6.07) is 1.01. The zero-order valence-corrected chi connectivity index (χ0v) is 12.0. The summed E-state index contributed by atoms with van der Waals surface area (Å²) in [5, 5.41) is 4.29. The van der Waals surface area contributed by atoms with Gasteiger partial charge in [0, 0.05) is 30.9 Å². The molecule has 4 unspecified atom stereocenters. The van der Waals surface area contributed by atoms with Crippen molar-refractivity contribution in [1.29, 1.82) is 0 Å². The molecule has 1 aromatic rings. The van der Waals surface area contributed by atoms with Gasteiger partial charge in [-0.3, -0.25) is 9.58 Å². The highest BCUT2D eigenvalue weighted by atomic mass is 15.3. The summed E-state index contributed by atoms with van der Waals surface area (Å²) in [6.07, 6.45) is 6.66. The third-order valence-corrected chi connectivity index (χ3v) is 4.34.